The lowest BCUT2D eigenvalue weighted by molar-refractivity contribution is -0.147. The van der Waals surface area contributed by atoms with Gasteiger partial charge < -0.3 is 26.2 Å². The SMILES string of the molecule is NC(=O)C1=C(O)[C@@]2(O)C(=O)C3=C(O)c4c(O)ccc(-c5ccncc5)c4C[C@H]3C[C@H]2CC1=O. The monoisotopic (exact) mass is 448 g/mol. The van der Waals surface area contributed by atoms with Crippen molar-refractivity contribution < 1.29 is 34.8 Å². The molecule has 1 saturated carbocycles. The molecule has 9 heteroatoms. The van der Waals surface area contributed by atoms with Crippen LogP contribution >= 0.6 is 0 Å². The molecule has 0 saturated heterocycles. The summed E-state index contributed by atoms with van der Waals surface area (Å²) in [5, 5.41) is 43.5. The largest absolute Gasteiger partial charge is 0.508 e. The highest BCUT2D eigenvalue weighted by Gasteiger charge is 2.60. The van der Waals surface area contributed by atoms with Crippen LogP contribution in [0.1, 0.15) is 24.0 Å². The lowest BCUT2D eigenvalue weighted by atomic mass is 9.59. The van der Waals surface area contributed by atoms with Gasteiger partial charge in [0.25, 0.3) is 5.91 Å². The van der Waals surface area contributed by atoms with Crippen LogP contribution in [0.3, 0.4) is 0 Å². The van der Waals surface area contributed by atoms with Crippen LogP contribution in [0, 0.1) is 11.8 Å². The number of fused-ring (bicyclic) bond motifs is 3. The summed E-state index contributed by atoms with van der Waals surface area (Å²) >= 11 is 0. The molecule has 1 aromatic carbocycles. The summed E-state index contributed by atoms with van der Waals surface area (Å²) in [5.41, 5.74) is 3.89. The van der Waals surface area contributed by atoms with Gasteiger partial charge in [0.2, 0.25) is 5.78 Å². The number of benzene rings is 1. The molecule has 0 spiro atoms. The van der Waals surface area contributed by atoms with E-state index in [-0.39, 0.29) is 36.1 Å². The van der Waals surface area contributed by atoms with Crippen molar-refractivity contribution >= 4 is 23.2 Å². The number of primary amides is 1. The summed E-state index contributed by atoms with van der Waals surface area (Å²) in [6.45, 7) is 0. The van der Waals surface area contributed by atoms with Crippen LogP contribution in [0.15, 0.2) is 53.6 Å². The summed E-state index contributed by atoms with van der Waals surface area (Å²) in [7, 11) is 0. The molecule has 168 valence electrons. The average Bonchev–Trinajstić information content (AvgIpc) is 2.76. The maximum atomic E-state index is 13.5. The molecule has 9 nitrogen and oxygen atoms in total. The lowest BCUT2D eigenvalue weighted by Gasteiger charge is -2.46. The lowest BCUT2D eigenvalue weighted by Crippen LogP contribution is -2.58. The number of amides is 1. The van der Waals surface area contributed by atoms with Crippen molar-refractivity contribution in [3.63, 3.8) is 0 Å². The molecule has 5 rings (SSSR count). The van der Waals surface area contributed by atoms with E-state index >= 15 is 0 Å². The van der Waals surface area contributed by atoms with Crippen molar-refractivity contribution in [3.8, 4) is 16.9 Å². The van der Waals surface area contributed by atoms with Gasteiger partial charge in [0.05, 0.1) is 5.56 Å². The fourth-order valence-electron chi connectivity index (χ4n) is 5.42. The first-order chi connectivity index (χ1) is 15.7. The fraction of sp³-hybridized carbons (Fsp3) is 0.250. The smallest absolute Gasteiger partial charge is 0.255 e. The molecule has 3 aliphatic rings. The zero-order chi connectivity index (χ0) is 23.7. The molecule has 3 atom stereocenters. The molecule has 0 bridgehead atoms. The Morgan fingerprint density at radius 2 is 1.76 bits per heavy atom. The van der Waals surface area contributed by atoms with Gasteiger partial charge in [-0.1, -0.05) is 6.07 Å². The number of hydrogen-bond donors (Lipinski definition) is 5. The Kier molecular flexibility index (Phi) is 4.44. The molecule has 1 amide bonds. The number of phenols is 1. The molecule has 6 N–H and O–H groups in total. The van der Waals surface area contributed by atoms with Gasteiger partial charge in [-0.2, -0.15) is 0 Å². The van der Waals surface area contributed by atoms with E-state index in [4.69, 9.17) is 5.73 Å². The van der Waals surface area contributed by atoms with Gasteiger partial charge in [0.15, 0.2) is 11.4 Å². The molecule has 0 radical (unpaired) electrons. The Balaban J connectivity index is 1.72. The van der Waals surface area contributed by atoms with Crippen molar-refractivity contribution in [3.05, 3.63) is 64.7 Å². The van der Waals surface area contributed by atoms with Gasteiger partial charge in [0.1, 0.15) is 22.8 Å². The minimum Gasteiger partial charge on any atom is -0.508 e. The number of aromatic hydroxyl groups is 1. The van der Waals surface area contributed by atoms with Crippen LogP contribution in [0.5, 0.6) is 5.75 Å². The van der Waals surface area contributed by atoms with Crippen molar-refractivity contribution in [2.24, 2.45) is 17.6 Å². The van der Waals surface area contributed by atoms with Gasteiger partial charge in [-0.05, 0) is 53.6 Å². The first-order valence-corrected chi connectivity index (χ1v) is 10.4. The number of carbonyl (C=O) groups is 3. The van der Waals surface area contributed by atoms with E-state index in [0.29, 0.717) is 5.56 Å². The van der Waals surface area contributed by atoms with Crippen LogP contribution in [0.25, 0.3) is 16.9 Å². The number of hydrogen-bond acceptors (Lipinski definition) is 8. The molecular formula is C24H20N2O7. The van der Waals surface area contributed by atoms with Crippen LogP contribution in [0.2, 0.25) is 0 Å². The van der Waals surface area contributed by atoms with Crippen LogP contribution in [0.4, 0.5) is 0 Å². The van der Waals surface area contributed by atoms with Crippen molar-refractivity contribution in [1.29, 1.82) is 0 Å². The Hall–Kier alpha value is -3.98. The number of aliphatic hydroxyl groups is 3. The van der Waals surface area contributed by atoms with Gasteiger partial charge >= 0.3 is 0 Å². The van der Waals surface area contributed by atoms with Gasteiger partial charge in [-0.25, -0.2) is 0 Å². The van der Waals surface area contributed by atoms with E-state index < -0.39 is 52.0 Å². The van der Waals surface area contributed by atoms with Crippen molar-refractivity contribution in [2.75, 3.05) is 0 Å². The molecule has 2 aromatic rings. The van der Waals surface area contributed by atoms with E-state index in [1.807, 2.05) is 0 Å². The molecule has 3 aliphatic carbocycles. The minimum absolute atomic E-state index is 0.0662. The number of rotatable bonds is 2. The standard InChI is InChI=1S/C24H20N2O7/c25-23(32)19-16(28)9-12-7-11-8-14-13(10-3-5-26-6-4-10)1-2-15(27)18(14)20(29)17(11)21(30)24(12,33)22(19)31/h1-6,11-12,27,29,31,33H,7-9H2,(H2,25,32)/t11-,12+,24+/m1/s1. The first kappa shape index (κ1) is 20.9. The summed E-state index contributed by atoms with van der Waals surface area (Å²) < 4.78 is 0. The minimum atomic E-state index is -2.56. The maximum Gasteiger partial charge on any atom is 0.255 e. The molecular weight excluding hydrogens is 428 g/mol. The number of aromatic nitrogens is 1. The molecule has 1 fully saturated rings. The maximum absolute atomic E-state index is 13.5. The second-order valence-corrected chi connectivity index (χ2v) is 8.63. The van der Waals surface area contributed by atoms with E-state index in [9.17, 15) is 34.8 Å². The summed E-state index contributed by atoms with van der Waals surface area (Å²) in [5.74, 6) is -6.40. The molecule has 0 aliphatic heterocycles. The first-order valence-electron chi connectivity index (χ1n) is 10.4. The van der Waals surface area contributed by atoms with Crippen LogP contribution in [-0.2, 0) is 20.8 Å². The number of nitrogens with two attached hydrogens (primary N) is 1. The predicted octanol–water partition coefficient (Wildman–Crippen LogP) is 1.49. The molecule has 1 aromatic heterocycles. The second-order valence-electron chi connectivity index (χ2n) is 8.63. The Morgan fingerprint density at radius 1 is 1.06 bits per heavy atom. The van der Waals surface area contributed by atoms with Crippen LogP contribution in [-0.4, -0.2) is 48.5 Å². The number of phenolic OH excluding ortho intramolecular Hbond substituents is 1. The quantitative estimate of drug-likeness (QED) is 0.430. The predicted molar refractivity (Wildman–Crippen MR) is 115 cm³/mol. The van der Waals surface area contributed by atoms with E-state index in [1.54, 1.807) is 30.6 Å². The van der Waals surface area contributed by atoms with Gasteiger partial charge in [0, 0.05) is 30.3 Å². The third-order valence-electron chi connectivity index (χ3n) is 6.94. The van der Waals surface area contributed by atoms with E-state index in [1.165, 1.54) is 6.07 Å². The number of nitrogens with zero attached hydrogens (tertiary/aromatic N) is 1. The number of pyridine rings is 1. The highest BCUT2D eigenvalue weighted by atomic mass is 16.3. The summed E-state index contributed by atoms with van der Waals surface area (Å²) in [4.78, 5) is 41.6. The van der Waals surface area contributed by atoms with E-state index in [0.717, 1.165) is 11.1 Å². The Bertz CT molecular complexity index is 1310. The zero-order valence-electron chi connectivity index (χ0n) is 17.3. The topological polar surface area (TPSA) is 171 Å². The molecule has 0 unspecified atom stereocenters. The number of aliphatic hydroxyl groups excluding tert-OH is 2. The van der Waals surface area contributed by atoms with E-state index in [2.05, 4.69) is 4.98 Å². The molecule has 1 heterocycles. The number of Topliss-reactive ketones (excluding diaryl/α,β-unsaturated/α-hetero) is 2. The van der Waals surface area contributed by atoms with Crippen molar-refractivity contribution in [1.82, 2.24) is 4.98 Å². The highest BCUT2D eigenvalue weighted by molar-refractivity contribution is 6.22. The third kappa shape index (κ3) is 2.75. The van der Waals surface area contributed by atoms with Crippen LogP contribution < -0.4 is 5.73 Å². The number of carbonyl (C=O) groups excluding carboxylic acids is 3. The van der Waals surface area contributed by atoms with Gasteiger partial charge in [-0.15, -0.1) is 0 Å². The summed E-state index contributed by atoms with van der Waals surface area (Å²) in [6.07, 6.45) is 3.22. The zero-order valence-corrected chi connectivity index (χ0v) is 17.3. The second kappa shape index (κ2) is 7.01. The Labute approximate surface area is 187 Å². The highest BCUT2D eigenvalue weighted by Crippen LogP contribution is 2.52. The Morgan fingerprint density at radius 3 is 2.42 bits per heavy atom. The van der Waals surface area contributed by atoms with Gasteiger partial charge in [-0.3, -0.25) is 19.4 Å². The number of ketones is 2. The average molecular weight is 448 g/mol. The normalized spacial score (nSPS) is 26.6. The third-order valence-corrected chi connectivity index (χ3v) is 6.94. The summed E-state index contributed by atoms with van der Waals surface area (Å²) in [6, 6.07) is 6.67. The van der Waals surface area contributed by atoms with Crippen molar-refractivity contribution in [2.45, 2.75) is 24.9 Å². The molecule has 33 heavy (non-hydrogen) atoms. The fourth-order valence-corrected chi connectivity index (χ4v) is 5.42.